The second-order valence-corrected chi connectivity index (χ2v) is 10.2. The molecule has 0 rings (SSSR count). The molecule has 19 heavy (non-hydrogen) atoms. The lowest BCUT2D eigenvalue weighted by Crippen LogP contribution is -2.29. The molecule has 0 aliphatic carbocycles. The van der Waals surface area contributed by atoms with Gasteiger partial charge >= 0.3 is 0 Å². The first-order chi connectivity index (χ1) is 8.12. The molecule has 0 unspecified atom stereocenters. The first-order valence-electron chi connectivity index (χ1n) is 7.80. The maximum Gasteiger partial charge on any atom is 0.0731 e. The first kappa shape index (κ1) is 19.1. The van der Waals surface area contributed by atoms with Gasteiger partial charge in [-0.15, -0.1) is 0 Å². The van der Waals surface area contributed by atoms with Crippen molar-refractivity contribution in [3.05, 3.63) is 0 Å². The van der Waals surface area contributed by atoms with E-state index in [4.69, 9.17) is 0 Å². The van der Waals surface area contributed by atoms with E-state index in [1.165, 1.54) is 19.2 Å². The molecule has 0 aromatic heterocycles. The Morgan fingerprint density at radius 3 is 1.42 bits per heavy atom. The van der Waals surface area contributed by atoms with Crippen molar-refractivity contribution in [2.24, 2.45) is 16.2 Å². The minimum absolute atomic E-state index is 0.302. The predicted octanol–water partition coefficient (Wildman–Crippen LogP) is 5.83. The highest BCUT2D eigenvalue weighted by Gasteiger charge is 2.29. The summed E-state index contributed by atoms with van der Waals surface area (Å²) in [5.74, 6) is 0. The average Bonchev–Trinajstić information content (AvgIpc) is 1.90. The van der Waals surface area contributed by atoms with Gasteiger partial charge in [-0.25, -0.2) is 0 Å². The molecule has 0 fully saturated rings. The van der Waals surface area contributed by atoms with Crippen LogP contribution in [-0.2, 0) is 0 Å². The molecule has 2 radical (unpaired) electrons. The molecule has 0 N–H and O–H groups in total. The maximum atomic E-state index is 2.43. The van der Waals surface area contributed by atoms with E-state index in [9.17, 15) is 0 Å². The zero-order valence-corrected chi connectivity index (χ0v) is 15.3. The fourth-order valence-corrected chi connectivity index (χ4v) is 3.63. The lowest BCUT2D eigenvalue weighted by molar-refractivity contribution is 0.233. The molecule has 0 nitrogen and oxygen atoms in total. The van der Waals surface area contributed by atoms with Gasteiger partial charge in [-0.3, -0.25) is 0 Å². The van der Waals surface area contributed by atoms with Crippen LogP contribution < -0.4 is 0 Å². The van der Waals surface area contributed by atoms with E-state index in [1.54, 1.807) is 0 Å². The van der Waals surface area contributed by atoms with Gasteiger partial charge in [0, 0.05) is 0 Å². The van der Waals surface area contributed by atoms with Crippen LogP contribution in [-0.4, -0.2) is 14.3 Å². The van der Waals surface area contributed by atoms with Gasteiger partial charge in [0.05, 0.1) is 14.3 Å². The topological polar surface area (TPSA) is 0 Å². The number of hydrogen-bond donors (Lipinski definition) is 0. The van der Waals surface area contributed by atoms with Gasteiger partial charge in [0.1, 0.15) is 0 Å². The lowest BCUT2D eigenvalue weighted by Gasteiger charge is -2.35. The fraction of sp³-hybridized carbons (Fsp3) is 1.00. The van der Waals surface area contributed by atoms with E-state index >= 15 is 0 Å². The van der Waals surface area contributed by atoms with Crippen molar-refractivity contribution in [2.75, 3.05) is 0 Å². The van der Waals surface area contributed by atoms with Gasteiger partial charge in [-0.05, 0) is 22.7 Å². The Balaban J connectivity index is 4.21. The standard InChI is InChI=1S/C17H36B2/c1-14(2,3)11-16(7,8)13-18-19-17(9,10)12-15(4,5)6/h11-13H2,1-10H3. The molecular weight excluding hydrogens is 226 g/mol. The SMILES string of the molecule is CC(C)(C)CC(C)(C)[B][B]CC(C)(C)CC(C)(C)C. The molecule has 0 spiro atoms. The van der Waals surface area contributed by atoms with E-state index in [0.717, 1.165) is 0 Å². The maximum absolute atomic E-state index is 2.43. The third kappa shape index (κ3) is 11.6. The van der Waals surface area contributed by atoms with Crippen LogP contribution in [0.3, 0.4) is 0 Å². The largest absolute Gasteiger partial charge is 0.0836 e. The Hall–Kier alpha value is 0.130. The lowest BCUT2D eigenvalue weighted by atomic mass is 9.26. The van der Waals surface area contributed by atoms with Gasteiger partial charge in [0.25, 0.3) is 0 Å². The number of hydrogen-bond acceptors (Lipinski definition) is 0. The molecule has 0 aromatic carbocycles. The van der Waals surface area contributed by atoms with Gasteiger partial charge in [-0.1, -0.05) is 87.3 Å². The highest BCUT2D eigenvalue weighted by atomic mass is 14.3. The van der Waals surface area contributed by atoms with Crippen LogP contribution in [0, 0.1) is 16.2 Å². The highest BCUT2D eigenvalue weighted by Crippen LogP contribution is 2.39. The Labute approximate surface area is 125 Å². The quantitative estimate of drug-likeness (QED) is 0.528. The Morgan fingerprint density at radius 2 is 1.05 bits per heavy atom. The molecular formula is C17H36B2. The highest BCUT2D eigenvalue weighted by molar-refractivity contribution is 7.02. The molecule has 0 saturated heterocycles. The van der Waals surface area contributed by atoms with Crippen LogP contribution in [0.2, 0.25) is 11.6 Å². The molecule has 2 heteroatoms. The summed E-state index contributed by atoms with van der Waals surface area (Å²) in [4.78, 5) is 0. The predicted molar refractivity (Wildman–Crippen MR) is 92.3 cm³/mol. The minimum atomic E-state index is 0.302. The smallest absolute Gasteiger partial charge is 0.0731 e. The molecule has 0 aliphatic rings. The normalized spacial score (nSPS) is 14.4. The summed E-state index contributed by atoms with van der Waals surface area (Å²) >= 11 is 0. The van der Waals surface area contributed by atoms with Crippen molar-refractivity contribution in [3.63, 3.8) is 0 Å². The van der Waals surface area contributed by atoms with Crippen molar-refractivity contribution in [1.82, 2.24) is 0 Å². The summed E-state index contributed by atoms with van der Waals surface area (Å²) in [6.45, 7) is 23.5. The third-order valence-electron chi connectivity index (χ3n) is 3.23. The van der Waals surface area contributed by atoms with E-state index in [1.807, 2.05) is 0 Å². The van der Waals surface area contributed by atoms with Gasteiger partial charge in [0.15, 0.2) is 0 Å². The van der Waals surface area contributed by atoms with Gasteiger partial charge < -0.3 is 0 Å². The molecule has 0 bridgehead atoms. The van der Waals surface area contributed by atoms with Crippen molar-refractivity contribution in [2.45, 2.75) is 93.7 Å². The fourth-order valence-electron chi connectivity index (χ4n) is 3.63. The molecule has 0 heterocycles. The van der Waals surface area contributed by atoms with Crippen molar-refractivity contribution < 1.29 is 0 Å². The summed E-state index contributed by atoms with van der Waals surface area (Å²) < 4.78 is 0. The van der Waals surface area contributed by atoms with Gasteiger partial charge in [0.2, 0.25) is 0 Å². The first-order valence-corrected chi connectivity index (χ1v) is 7.80. The zero-order chi connectivity index (χ0) is 15.5. The van der Waals surface area contributed by atoms with Crippen LogP contribution in [0.4, 0.5) is 0 Å². The van der Waals surface area contributed by atoms with Crippen LogP contribution in [0.25, 0.3) is 0 Å². The minimum Gasteiger partial charge on any atom is -0.0836 e. The van der Waals surface area contributed by atoms with E-state index in [-0.39, 0.29) is 0 Å². The summed E-state index contributed by atoms with van der Waals surface area (Å²) in [5, 5.41) is 0.302. The Kier molecular flexibility index (Phi) is 6.31. The van der Waals surface area contributed by atoms with Crippen molar-refractivity contribution in [3.8, 4) is 0 Å². The molecule has 110 valence electrons. The number of rotatable bonds is 6. The summed E-state index contributed by atoms with van der Waals surface area (Å²) in [6, 6.07) is 0. The second kappa shape index (κ2) is 6.27. The molecule has 0 aliphatic heterocycles. The monoisotopic (exact) mass is 262 g/mol. The molecule has 0 aromatic rings. The summed E-state index contributed by atoms with van der Waals surface area (Å²) in [6.07, 6.45) is 3.68. The van der Waals surface area contributed by atoms with E-state index < -0.39 is 0 Å². The third-order valence-corrected chi connectivity index (χ3v) is 3.23. The molecule has 0 saturated carbocycles. The van der Waals surface area contributed by atoms with E-state index in [2.05, 4.69) is 83.6 Å². The van der Waals surface area contributed by atoms with Crippen molar-refractivity contribution in [1.29, 1.82) is 0 Å². The summed E-state index contributed by atoms with van der Waals surface area (Å²) in [5.41, 5.74) is 1.21. The Bertz CT molecular complexity index is 236. The molecule has 0 atom stereocenters. The molecule has 0 amide bonds. The van der Waals surface area contributed by atoms with E-state index in [0.29, 0.717) is 21.6 Å². The zero-order valence-electron chi connectivity index (χ0n) is 15.3. The second-order valence-electron chi connectivity index (χ2n) is 10.2. The average molecular weight is 262 g/mol. The van der Waals surface area contributed by atoms with Gasteiger partial charge in [-0.2, -0.15) is 0 Å². The van der Waals surface area contributed by atoms with Crippen LogP contribution >= 0.6 is 0 Å². The van der Waals surface area contributed by atoms with Crippen LogP contribution in [0.1, 0.15) is 82.1 Å². The van der Waals surface area contributed by atoms with Crippen LogP contribution in [0.15, 0.2) is 0 Å². The summed E-state index contributed by atoms with van der Waals surface area (Å²) in [7, 11) is 4.85. The Morgan fingerprint density at radius 1 is 0.632 bits per heavy atom. The van der Waals surface area contributed by atoms with Crippen molar-refractivity contribution >= 4 is 14.3 Å². The van der Waals surface area contributed by atoms with Crippen LogP contribution in [0.5, 0.6) is 0 Å².